The number of carbonyl (C=O) groups is 1. The predicted molar refractivity (Wildman–Crippen MR) is 42.2 cm³/mol. The van der Waals surface area contributed by atoms with Crippen molar-refractivity contribution in [1.29, 1.82) is 0 Å². The molecule has 1 aromatic heterocycles. The third kappa shape index (κ3) is 1.09. The lowest BCUT2D eigenvalue weighted by Gasteiger charge is -1.84. The fourth-order valence-corrected chi connectivity index (χ4v) is 1.28. The molecule has 54 valence electrons. The highest BCUT2D eigenvalue weighted by Gasteiger charge is 2.02. The molecule has 1 aliphatic rings. The van der Waals surface area contributed by atoms with Gasteiger partial charge in [0, 0.05) is 11.3 Å². The van der Waals surface area contributed by atoms with Gasteiger partial charge in [-0.15, -0.1) is 0 Å². The first-order chi connectivity index (χ1) is 5.25. The van der Waals surface area contributed by atoms with Gasteiger partial charge in [-0.3, -0.25) is 4.79 Å². The SMILES string of the molecule is O=C1C=c2cc(Br)ncc2=N1. The molecule has 0 atom stereocenters. The van der Waals surface area contributed by atoms with E-state index < -0.39 is 0 Å². The Morgan fingerprint density at radius 2 is 2.27 bits per heavy atom. The number of hydrogen-bond donors (Lipinski definition) is 0. The standard InChI is InChI=1S/C7H3BrN2O/c8-6-1-4-2-7(11)10-5(4)3-9-6/h1-3H. The minimum atomic E-state index is -0.208. The van der Waals surface area contributed by atoms with Gasteiger partial charge in [-0.25, -0.2) is 9.98 Å². The van der Waals surface area contributed by atoms with Crippen molar-refractivity contribution in [2.45, 2.75) is 0 Å². The summed E-state index contributed by atoms with van der Waals surface area (Å²) in [5.74, 6) is -0.208. The number of pyridine rings is 1. The maximum atomic E-state index is 10.7. The molecular formula is C7H3BrN2O. The van der Waals surface area contributed by atoms with Gasteiger partial charge in [-0.2, -0.15) is 0 Å². The van der Waals surface area contributed by atoms with Crippen molar-refractivity contribution in [3.63, 3.8) is 0 Å². The van der Waals surface area contributed by atoms with Crippen LogP contribution in [0.15, 0.2) is 21.9 Å². The lowest BCUT2D eigenvalue weighted by Crippen LogP contribution is -2.21. The van der Waals surface area contributed by atoms with Gasteiger partial charge in [0.2, 0.25) is 0 Å². The second-order valence-corrected chi connectivity index (χ2v) is 2.97. The van der Waals surface area contributed by atoms with Gasteiger partial charge in [0.05, 0.1) is 11.6 Å². The van der Waals surface area contributed by atoms with Gasteiger partial charge in [0.1, 0.15) is 4.60 Å². The number of carbonyl (C=O) groups excluding carboxylic acids is 1. The van der Waals surface area contributed by atoms with Gasteiger partial charge in [0.15, 0.2) is 0 Å². The van der Waals surface area contributed by atoms with Crippen LogP contribution >= 0.6 is 15.9 Å². The Bertz CT molecular complexity index is 438. The highest BCUT2D eigenvalue weighted by molar-refractivity contribution is 9.10. The van der Waals surface area contributed by atoms with Crippen molar-refractivity contribution in [3.05, 3.63) is 27.4 Å². The maximum absolute atomic E-state index is 10.7. The van der Waals surface area contributed by atoms with Crippen LogP contribution in [0.4, 0.5) is 0 Å². The van der Waals surface area contributed by atoms with Gasteiger partial charge in [-0.05, 0) is 22.0 Å². The van der Waals surface area contributed by atoms with Crippen LogP contribution in [-0.4, -0.2) is 10.9 Å². The average molecular weight is 211 g/mol. The summed E-state index contributed by atoms with van der Waals surface area (Å²) in [4.78, 5) is 18.4. The first kappa shape index (κ1) is 6.67. The lowest BCUT2D eigenvalue weighted by molar-refractivity contribution is -0.112. The molecule has 0 N–H and O–H groups in total. The zero-order chi connectivity index (χ0) is 7.84. The van der Waals surface area contributed by atoms with E-state index in [1.54, 1.807) is 12.3 Å². The fraction of sp³-hybridized carbons (Fsp3) is 0. The number of halogens is 1. The van der Waals surface area contributed by atoms with Crippen molar-refractivity contribution < 1.29 is 4.79 Å². The molecule has 0 spiro atoms. The van der Waals surface area contributed by atoms with E-state index in [1.165, 1.54) is 6.08 Å². The van der Waals surface area contributed by atoms with E-state index in [4.69, 9.17) is 0 Å². The minimum absolute atomic E-state index is 0.208. The lowest BCUT2D eigenvalue weighted by atomic mass is 10.4. The number of aromatic nitrogens is 1. The van der Waals surface area contributed by atoms with Gasteiger partial charge in [-0.1, -0.05) is 0 Å². The first-order valence-electron chi connectivity index (χ1n) is 3.02. The monoisotopic (exact) mass is 210 g/mol. The molecule has 1 aromatic rings. The maximum Gasteiger partial charge on any atom is 0.271 e. The van der Waals surface area contributed by atoms with Crippen LogP contribution in [0.1, 0.15) is 0 Å². The van der Waals surface area contributed by atoms with Crippen LogP contribution < -0.4 is 10.6 Å². The highest BCUT2D eigenvalue weighted by Crippen LogP contribution is 1.97. The van der Waals surface area contributed by atoms with Crippen LogP contribution in [0.25, 0.3) is 6.08 Å². The molecule has 11 heavy (non-hydrogen) atoms. The number of fused-ring (bicyclic) bond motifs is 1. The van der Waals surface area contributed by atoms with Crippen LogP contribution in [0, 0.1) is 0 Å². The molecule has 0 bridgehead atoms. The molecule has 0 unspecified atom stereocenters. The van der Waals surface area contributed by atoms with Crippen molar-refractivity contribution in [2.24, 2.45) is 4.99 Å². The zero-order valence-corrected chi connectivity index (χ0v) is 7.00. The Morgan fingerprint density at radius 1 is 1.45 bits per heavy atom. The van der Waals surface area contributed by atoms with Crippen LogP contribution in [0.3, 0.4) is 0 Å². The van der Waals surface area contributed by atoms with Crippen LogP contribution in [0.5, 0.6) is 0 Å². The van der Waals surface area contributed by atoms with Crippen molar-refractivity contribution in [3.8, 4) is 0 Å². The second-order valence-electron chi connectivity index (χ2n) is 2.16. The molecule has 3 nitrogen and oxygen atoms in total. The minimum Gasteiger partial charge on any atom is -0.267 e. The Kier molecular flexibility index (Phi) is 1.35. The Morgan fingerprint density at radius 3 is 3.09 bits per heavy atom. The molecule has 1 amide bonds. The van der Waals surface area contributed by atoms with E-state index in [2.05, 4.69) is 25.9 Å². The average Bonchev–Trinajstić information content (AvgIpc) is 2.27. The molecule has 0 saturated heterocycles. The van der Waals surface area contributed by atoms with Crippen molar-refractivity contribution in [1.82, 2.24) is 4.98 Å². The summed E-state index contributed by atoms with van der Waals surface area (Å²) in [6.07, 6.45) is 3.06. The number of hydrogen-bond acceptors (Lipinski definition) is 2. The summed E-state index contributed by atoms with van der Waals surface area (Å²) >= 11 is 3.20. The third-order valence-electron chi connectivity index (χ3n) is 1.39. The summed E-state index contributed by atoms with van der Waals surface area (Å²) < 4.78 is 0.720. The normalized spacial score (nSPS) is 13.7. The molecule has 2 rings (SSSR count). The summed E-state index contributed by atoms with van der Waals surface area (Å²) in [5.41, 5.74) is 0. The van der Waals surface area contributed by atoms with E-state index in [-0.39, 0.29) is 5.91 Å². The Labute approximate surface area is 70.6 Å². The predicted octanol–water partition coefficient (Wildman–Crippen LogP) is -0.216. The van der Waals surface area contributed by atoms with Crippen molar-refractivity contribution in [2.75, 3.05) is 0 Å². The fourth-order valence-electron chi connectivity index (χ4n) is 0.930. The molecule has 4 heteroatoms. The van der Waals surface area contributed by atoms with E-state index in [0.717, 1.165) is 9.82 Å². The van der Waals surface area contributed by atoms with Crippen molar-refractivity contribution >= 4 is 27.9 Å². The van der Waals surface area contributed by atoms with Crippen LogP contribution in [-0.2, 0) is 4.79 Å². The van der Waals surface area contributed by atoms with E-state index >= 15 is 0 Å². The number of nitrogens with zero attached hydrogens (tertiary/aromatic N) is 2. The van der Waals surface area contributed by atoms with Gasteiger partial charge in [0.25, 0.3) is 5.91 Å². The molecule has 2 heterocycles. The largest absolute Gasteiger partial charge is 0.271 e. The molecule has 0 fully saturated rings. The summed E-state index contributed by atoms with van der Waals surface area (Å²) in [5, 5.41) is 1.48. The second kappa shape index (κ2) is 2.23. The van der Waals surface area contributed by atoms with E-state index in [0.29, 0.717) is 5.36 Å². The molecule has 0 radical (unpaired) electrons. The van der Waals surface area contributed by atoms with Gasteiger partial charge >= 0.3 is 0 Å². The molecule has 0 saturated carbocycles. The first-order valence-corrected chi connectivity index (χ1v) is 3.81. The third-order valence-corrected chi connectivity index (χ3v) is 1.82. The Balaban J connectivity index is 2.89. The summed E-state index contributed by atoms with van der Waals surface area (Å²) in [6.45, 7) is 0. The van der Waals surface area contributed by atoms with E-state index in [1.807, 2.05) is 0 Å². The smallest absolute Gasteiger partial charge is 0.267 e. The molecular weight excluding hydrogens is 208 g/mol. The molecule has 1 aliphatic heterocycles. The summed E-state index contributed by atoms with van der Waals surface area (Å²) in [6, 6.07) is 1.77. The van der Waals surface area contributed by atoms with Gasteiger partial charge < -0.3 is 0 Å². The highest BCUT2D eigenvalue weighted by atomic mass is 79.9. The molecule has 0 aliphatic carbocycles. The zero-order valence-electron chi connectivity index (χ0n) is 5.41. The number of amides is 1. The van der Waals surface area contributed by atoms with E-state index in [9.17, 15) is 4.79 Å². The summed E-state index contributed by atoms with van der Waals surface area (Å²) in [7, 11) is 0. The van der Waals surface area contributed by atoms with Crippen LogP contribution in [0.2, 0.25) is 0 Å². The quantitative estimate of drug-likeness (QED) is 0.557. The topological polar surface area (TPSA) is 42.3 Å². The Hall–Kier alpha value is -1.03. The number of rotatable bonds is 0. The molecule has 0 aromatic carbocycles.